The zero-order valence-corrected chi connectivity index (χ0v) is 10.3. The molecule has 2 aromatic carbocycles. The number of dihydropyridines is 1. The molecule has 0 saturated heterocycles. The molecular weight excluding hydrogens is 222 g/mol. The molecule has 0 radical (unpaired) electrons. The Morgan fingerprint density at radius 2 is 1.94 bits per heavy atom. The second-order valence-electron chi connectivity index (χ2n) is 4.54. The SMILES string of the molecule is Cc1cc(O)c2ccccc2c1C1=CNCC=C1. The summed E-state index contributed by atoms with van der Waals surface area (Å²) >= 11 is 0. The molecule has 0 aliphatic carbocycles. The van der Waals surface area contributed by atoms with Crippen molar-refractivity contribution >= 4 is 16.3 Å². The van der Waals surface area contributed by atoms with Crippen LogP contribution in [0.1, 0.15) is 11.1 Å². The molecule has 0 fully saturated rings. The summed E-state index contributed by atoms with van der Waals surface area (Å²) in [6.07, 6.45) is 6.27. The second kappa shape index (κ2) is 4.22. The van der Waals surface area contributed by atoms with E-state index in [1.165, 1.54) is 5.56 Å². The van der Waals surface area contributed by atoms with E-state index in [9.17, 15) is 5.11 Å². The van der Waals surface area contributed by atoms with Gasteiger partial charge < -0.3 is 10.4 Å². The zero-order chi connectivity index (χ0) is 12.5. The molecular formula is C16H15NO. The molecule has 0 spiro atoms. The topological polar surface area (TPSA) is 32.3 Å². The van der Waals surface area contributed by atoms with Crippen molar-refractivity contribution in [2.45, 2.75) is 6.92 Å². The second-order valence-corrected chi connectivity index (χ2v) is 4.54. The van der Waals surface area contributed by atoms with Gasteiger partial charge in [-0.15, -0.1) is 0 Å². The lowest BCUT2D eigenvalue weighted by atomic mass is 9.93. The Kier molecular flexibility index (Phi) is 2.56. The third-order valence-electron chi connectivity index (χ3n) is 3.30. The number of benzene rings is 2. The van der Waals surface area contributed by atoms with E-state index in [2.05, 4.69) is 23.5 Å². The quantitative estimate of drug-likeness (QED) is 0.797. The summed E-state index contributed by atoms with van der Waals surface area (Å²) in [7, 11) is 0. The fraction of sp³-hybridized carbons (Fsp3) is 0.125. The van der Waals surface area contributed by atoms with Crippen molar-refractivity contribution in [1.29, 1.82) is 0 Å². The van der Waals surface area contributed by atoms with E-state index in [-0.39, 0.29) is 0 Å². The first-order chi connectivity index (χ1) is 8.77. The summed E-state index contributed by atoms with van der Waals surface area (Å²) in [5.74, 6) is 0.347. The van der Waals surface area contributed by atoms with Crippen molar-refractivity contribution in [2.75, 3.05) is 6.54 Å². The zero-order valence-electron chi connectivity index (χ0n) is 10.3. The lowest BCUT2D eigenvalue weighted by Crippen LogP contribution is -2.09. The summed E-state index contributed by atoms with van der Waals surface area (Å²) in [5.41, 5.74) is 3.44. The number of phenolic OH excluding ortho intramolecular Hbond substituents is 1. The molecule has 2 N–H and O–H groups in total. The van der Waals surface area contributed by atoms with Gasteiger partial charge in [-0.3, -0.25) is 0 Å². The smallest absolute Gasteiger partial charge is 0.123 e. The summed E-state index contributed by atoms with van der Waals surface area (Å²) in [6, 6.07) is 9.80. The first-order valence-electron chi connectivity index (χ1n) is 6.09. The molecule has 18 heavy (non-hydrogen) atoms. The van der Waals surface area contributed by atoms with Gasteiger partial charge in [0.2, 0.25) is 0 Å². The van der Waals surface area contributed by atoms with Gasteiger partial charge in [0.05, 0.1) is 0 Å². The highest BCUT2D eigenvalue weighted by molar-refractivity contribution is 6.00. The predicted octanol–water partition coefficient (Wildman–Crippen LogP) is 3.35. The molecule has 2 nitrogen and oxygen atoms in total. The summed E-state index contributed by atoms with van der Waals surface area (Å²) in [5, 5.41) is 15.2. The van der Waals surface area contributed by atoms with Crippen LogP contribution in [0.3, 0.4) is 0 Å². The fourth-order valence-electron chi connectivity index (χ4n) is 2.50. The van der Waals surface area contributed by atoms with Gasteiger partial charge in [-0.2, -0.15) is 0 Å². The average Bonchev–Trinajstić information content (AvgIpc) is 2.40. The minimum absolute atomic E-state index is 0.347. The van der Waals surface area contributed by atoms with Crippen molar-refractivity contribution in [2.24, 2.45) is 0 Å². The van der Waals surface area contributed by atoms with E-state index in [4.69, 9.17) is 0 Å². The molecule has 2 heteroatoms. The van der Waals surface area contributed by atoms with E-state index < -0.39 is 0 Å². The van der Waals surface area contributed by atoms with Gasteiger partial charge in [-0.25, -0.2) is 0 Å². The Morgan fingerprint density at radius 1 is 1.17 bits per heavy atom. The van der Waals surface area contributed by atoms with Crippen molar-refractivity contribution in [3.8, 4) is 5.75 Å². The number of allylic oxidation sites excluding steroid dienone is 2. The molecule has 1 aliphatic rings. The summed E-state index contributed by atoms with van der Waals surface area (Å²) < 4.78 is 0. The molecule has 0 bridgehead atoms. The Labute approximate surface area is 106 Å². The molecule has 2 aromatic rings. The van der Waals surface area contributed by atoms with Crippen LogP contribution in [0.15, 0.2) is 48.7 Å². The van der Waals surface area contributed by atoms with E-state index in [1.807, 2.05) is 37.4 Å². The highest BCUT2D eigenvalue weighted by Crippen LogP contribution is 2.34. The number of fused-ring (bicyclic) bond motifs is 1. The highest BCUT2D eigenvalue weighted by Gasteiger charge is 2.12. The van der Waals surface area contributed by atoms with Gasteiger partial charge in [-0.1, -0.05) is 36.4 Å². The van der Waals surface area contributed by atoms with Crippen LogP contribution in [0.25, 0.3) is 16.3 Å². The number of rotatable bonds is 1. The molecule has 0 saturated carbocycles. The van der Waals surface area contributed by atoms with Crippen LogP contribution >= 0.6 is 0 Å². The van der Waals surface area contributed by atoms with Crippen molar-refractivity contribution < 1.29 is 5.11 Å². The Balaban J connectivity index is 2.34. The van der Waals surface area contributed by atoms with Crippen LogP contribution in [0, 0.1) is 6.92 Å². The highest BCUT2D eigenvalue weighted by atomic mass is 16.3. The van der Waals surface area contributed by atoms with Crippen LogP contribution in [-0.2, 0) is 0 Å². The number of aryl methyl sites for hydroxylation is 1. The van der Waals surface area contributed by atoms with Crippen molar-refractivity contribution in [3.05, 3.63) is 59.8 Å². The van der Waals surface area contributed by atoms with Gasteiger partial charge >= 0.3 is 0 Å². The van der Waals surface area contributed by atoms with Crippen LogP contribution in [-0.4, -0.2) is 11.7 Å². The van der Waals surface area contributed by atoms with E-state index in [1.54, 1.807) is 0 Å². The number of phenols is 1. The van der Waals surface area contributed by atoms with Crippen LogP contribution < -0.4 is 5.32 Å². The predicted molar refractivity (Wildman–Crippen MR) is 75.5 cm³/mol. The Morgan fingerprint density at radius 3 is 2.67 bits per heavy atom. The first-order valence-corrected chi connectivity index (χ1v) is 6.09. The molecule has 0 aromatic heterocycles. The van der Waals surface area contributed by atoms with Crippen LogP contribution in [0.2, 0.25) is 0 Å². The minimum atomic E-state index is 0.347. The Hall–Kier alpha value is -2.22. The van der Waals surface area contributed by atoms with Crippen LogP contribution in [0.4, 0.5) is 0 Å². The average molecular weight is 237 g/mol. The molecule has 0 amide bonds. The lowest BCUT2D eigenvalue weighted by Gasteiger charge is -2.15. The normalized spacial score (nSPS) is 14.4. The molecule has 0 atom stereocenters. The maximum atomic E-state index is 10.0. The third kappa shape index (κ3) is 1.66. The Bertz CT molecular complexity index is 668. The van der Waals surface area contributed by atoms with Gasteiger partial charge in [0, 0.05) is 18.1 Å². The number of aromatic hydroxyl groups is 1. The van der Waals surface area contributed by atoms with Gasteiger partial charge in [0.15, 0.2) is 0 Å². The molecule has 0 unspecified atom stereocenters. The standard InChI is InChI=1S/C16H15NO/c1-11-9-15(18)13-6-2-3-7-14(13)16(11)12-5-4-8-17-10-12/h2-7,9-10,17-18H,8H2,1H3. The summed E-state index contributed by atoms with van der Waals surface area (Å²) in [4.78, 5) is 0. The number of nitrogens with one attached hydrogen (secondary N) is 1. The molecule has 90 valence electrons. The first kappa shape index (κ1) is 10.9. The van der Waals surface area contributed by atoms with Crippen molar-refractivity contribution in [1.82, 2.24) is 5.32 Å². The minimum Gasteiger partial charge on any atom is -0.507 e. The maximum absolute atomic E-state index is 10.0. The third-order valence-corrected chi connectivity index (χ3v) is 3.30. The molecule has 1 aliphatic heterocycles. The van der Waals surface area contributed by atoms with Gasteiger partial charge in [-0.05, 0) is 35.1 Å². The lowest BCUT2D eigenvalue weighted by molar-refractivity contribution is 0.481. The largest absolute Gasteiger partial charge is 0.507 e. The number of hydrogen-bond donors (Lipinski definition) is 2. The number of hydrogen-bond acceptors (Lipinski definition) is 2. The summed E-state index contributed by atoms with van der Waals surface area (Å²) in [6.45, 7) is 2.91. The van der Waals surface area contributed by atoms with E-state index in [0.29, 0.717) is 5.75 Å². The van der Waals surface area contributed by atoms with Crippen molar-refractivity contribution in [3.63, 3.8) is 0 Å². The fourth-order valence-corrected chi connectivity index (χ4v) is 2.50. The van der Waals surface area contributed by atoms with Gasteiger partial charge in [0.25, 0.3) is 0 Å². The van der Waals surface area contributed by atoms with Gasteiger partial charge in [0.1, 0.15) is 5.75 Å². The maximum Gasteiger partial charge on any atom is 0.123 e. The monoisotopic (exact) mass is 237 g/mol. The molecule has 3 rings (SSSR count). The van der Waals surface area contributed by atoms with E-state index >= 15 is 0 Å². The molecule has 1 heterocycles. The van der Waals surface area contributed by atoms with Crippen LogP contribution in [0.5, 0.6) is 5.75 Å². The van der Waals surface area contributed by atoms with E-state index in [0.717, 1.165) is 28.5 Å².